The van der Waals surface area contributed by atoms with Crippen molar-refractivity contribution in [2.45, 2.75) is 43.5 Å². The van der Waals surface area contributed by atoms with Crippen LogP contribution in [-0.4, -0.2) is 67.6 Å². The molecular weight excluding hydrogens is 464 g/mol. The monoisotopic (exact) mass is 488 g/mol. The molecule has 1 unspecified atom stereocenters. The topological polar surface area (TPSA) is 93.2 Å². The van der Waals surface area contributed by atoms with E-state index in [0.29, 0.717) is 5.02 Å². The molecule has 1 saturated heterocycles. The SMILES string of the molecule is CCOC(=O)C1CN(S(=O)(=O)c2cc3ccc(Cl)cc3s2)CCN1C(=O)OC(C)(C)C. The Labute approximate surface area is 190 Å². The summed E-state index contributed by atoms with van der Waals surface area (Å²) in [6.07, 6.45) is -0.681. The zero-order chi connectivity index (χ0) is 23.0. The molecule has 1 aliphatic rings. The number of carbonyl (C=O) groups excluding carboxylic acids is 2. The number of sulfonamides is 1. The van der Waals surface area contributed by atoms with Gasteiger partial charge in [0.15, 0.2) is 0 Å². The van der Waals surface area contributed by atoms with Gasteiger partial charge in [0.1, 0.15) is 15.9 Å². The number of halogens is 1. The second-order valence-corrected chi connectivity index (χ2v) is 11.7. The lowest BCUT2D eigenvalue weighted by molar-refractivity contribution is -0.150. The molecule has 1 aliphatic heterocycles. The van der Waals surface area contributed by atoms with Gasteiger partial charge in [0.2, 0.25) is 0 Å². The molecule has 0 N–H and O–H groups in total. The molecule has 0 spiro atoms. The van der Waals surface area contributed by atoms with Crippen LogP contribution in [0.15, 0.2) is 28.5 Å². The van der Waals surface area contributed by atoms with Crippen molar-refractivity contribution in [1.82, 2.24) is 9.21 Å². The molecule has 2 heterocycles. The van der Waals surface area contributed by atoms with Crippen molar-refractivity contribution in [3.8, 4) is 0 Å². The molecule has 8 nitrogen and oxygen atoms in total. The summed E-state index contributed by atoms with van der Waals surface area (Å²) in [5.41, 5.74) is -0.752. The lowest BCUT2D eigenvalue weighted by Crippen LogP contribution is -2.60. The van der Waals surface area contributed by atoms with Crippen LogP contribution in [0.2, 0.25) is 5.02 Å². The molecule has 31 heavy (non-hydrogen) atoms. The fourth-order valence-corrected chi connectivity index (χ4v) is 6.46. The maximum atomic E-state index is 13.3. The normalized spacial score (nSPS) is 18.2. The van der Waals surface area contributed by atoms with Gasteiger partial charge in [0.05, 0.1) is 6.61 Å². The third kappa shape index (κ3) is 5.31. The number of fused-ring (bicyclic) bond motifs is 1. The maximum Gasteiger partial charge on any atom is 0.411 e. The van der Waals surface area contributed by atoms with Crippen LogP contribution in [0.4, 0.5) is 4.79 Å². The molecule has 0 radical (unpaired) electrons. The van der Waals surface area contributed by atoms with Crippen LogP contribution in [-0.2, 0) is 24.3 Å². The summed E-state index contributed by atoms with van der Waals surface area (Å²) < 4.78 is 39.2. The minimum Gasteiger partial charge on any atom is -0.464 e. The van der Waals surface area contributed by atoms with Crippen molar-refractivity contribution in [3.05, 3.63) is 29.3 Å². The Kier molecular flexibility index (Phi) is 6.85. The van der Waals surface area contributed by atoms with Gasteiger partial charge in [-0.1, -0.05) is 17.7 Å². The minimum atomic E-state index is -3.88. The number of benzene rings is 1. The molecule has 1 aromatic carbocycles. The first-order valence-electron chi connectivity index (χ1n) is 9.78. The molecule has 170 valence electrons. The number of ether oxygens (including phenoxy) is 2. The number of rotatable bonds is 4. The van der Waals surface area contributed by atoms with Crippen LogP contribution in [0.1, 0.15) is 27.7 Å². The molecule has 3 rings (SSSR count). The Bertz CT molecular complexity index is 1090. The number of carbonyl (C=O) groups is 2. The summed E-state index contributed by atoms with van der Waals surface area (Å²) >= 11 is 7.12. The van der Waals surface area contributed by atoms with E-state index in [0.717, 1.165) is 21.4 Å². The zero-order valence-corrected chi connectivity index (χ0v) is 20.1. The number of thiophene rings is 1. The highest BCUT2D eigenvalue weighted by Crippen LogP contribution is 2.33. The highest BCUT2D eigenvalue weighted by atomic mass is 35.5. The van der Waals surface area contributed by atoms with Gasteiger partial charge in [0.25, 0.3) is 10.0 Å². The predicted octanol–water partition coefficient (Wildman–Crippen LogP) is 3.73. The second-order valence-electron chi connectivity index (χ2n) is 8.05. The molecule has 0 saturated carbocycles. The first-order chi connectivity index (χ1) is 14.4. The van der Waals surface area contributed by atoms with Gasteiger partial charge in [0, 0.05) is 29.4 Å². The van der Waals surface area contributed by atoms with Crippen molar-refractivity contribution in [1.29, 1.82) is 0 Å². The van der Waals surface area contributed by atoms with E-state index >= 15 is 0 Å². The smallest absolute Gasteiger partial charge is 0.411 e. The quantitative estimate of drug-likeness (QED) is 0.609. The maximum absolute atomic E-state index is 13.3. The highest BCUT2D eigenvalue weighted by Gasteiger charge is 2.42. The Morgan fingerprint density at radius 1 is 1.23 bits per heavy atom. The van der Waals surface area contributed by atoms with Gasteiger partial charge in [-0.2, -0.15) is 4.31 Å². The van der Waals surface area contributed by atoms with E-state index < -0.39 is 33.7 Å². The van der Waals surface area contributed by atoms with E-state index in [9.17, 15) is 18.0 Å². The number of esters is 1. The van der Waals surface area contributed by atoms with E-state index in [1.807, 2.05) is 0 Å². The summed E-state index contributed by atoms with van der Waals surface area (Å²) in [4.78, 5) is 26.4. The van der Waals surface area contributed by atoms with E-state index in [1.54, 1.807) is 52.0 Å². The van der Waals surface area contributed by atoms with Gasteiger partial charge in [-0.3, -0.25) is 4.90 Å². The zero-order valence-electron chi connectivity index (χ0n) is 17.8. The molecule has 2 aromatic rings. The lowest BCUT2D eigenvalue weighted by Gasteiger charge is -2.39. The number of amides is 1. The minimum absolute atomic E-state index is 0.00828. The van der Waals surface area contributed by atoms with Crippen LogP contribution in [0.5, 0.6) is 0 Å². The molecule has 1 atom stereocenters. The van der Waals surface area contributed by atoms with Crippen LogP contribution in [0.25, 0.3) is 10.1 Å². The predicted molar refractivity (Wildman–Crippen MR) is 119 cm³/mol. The molecule has 1 amide bonds. The lowest BCUT2D eigenvalue weighted by atomic mass is 10.2. The van der Waals surface area contributed by atoms with Crippen molar-refractivity contribution in [2.24, 2.45) is 0 Å². The molecule has 1 aromatic heterocycles. The van der Waals surface area contributed by atoms with Crippen LogP contribution in [0.3, 0.4) is 0 Å². The standard InChI is InChI=1S/C20H25ClN2O6S2/c1-5-28-18(24)15-12-22(8-9-23(15)19(25)29-20(2,3)4)31(26,27)17-10-13-6-7-14(21)11-16(13)30-17/h6-7,10-11,15H,5,8-9,12H2,1-4H3. The fourth-order valence-electron chi connectivity index (χ4n) is 3.19. The average Bonchev–Trinajstić information content (AvgIpc) is 3.10. The van der Waals surface area contributed by atoms with E-state index in [2.05, 4.69) is 0 Å². The van der Waals surface area contributed by atoms with E-state index in [1.165, 1.54) is 9.21 Å². The molecule has 11 heteroatoms. The van der Waals surface area contributed by atoms with Gasteiger partial charge in [-0.25, -0.2) is 18.0 Å². The first-order valence-corrected chi connectivity index (χ1v) is 12.4. The number of nitrogens with zero attached hydrogens (tertiary/aromatic N) is 2. The van der Waals surface area contributed by atoms with Gasteiger partial charge >= 0.3 is 12.1 Å². The Balaban J connectivity index is 1.88. The van der Waals surface area contributed by atoms with Gasteiger partial charge < -0.3 is 9.47 Å². The van der Waals surface area contributed by atoms with Crippen molar-refractivity contribution in [3.63, 3.8) is 0 Å². The third-order valence-corrected chi connectivity index (χ3v) is 8.23. The van der Waals surface area contributed by atoms with Crippen LogP contribution >= 0.6 is 22.9 Å². The molecule has 0 bridgehead atoms. The Morgan fingerprint density at radius 2 is 1.94 bits per heavy atom. The molecular formula is C20H25ClN2O6S2. The van der Waals surface area contributed by atoms with Gasteiger partial charge in [-0.15, -0.1) is 11.3 Å². The van der Waals surface area contributed by atoms with Crippen molar-refractivity contribution < 1.29 is 27.5 Å². The van der Waals surface area contributed by atoms with E-state index in [-0.39, 0.29) is 30.5 Å². The Hall–Kier alpha value is -1.88. The fraction of sp³-hybridized carbons (Fsp3) is 0.500. The average molecular weight is 489 g/mol. The number of hydrogen-bond acceptors (Lipinski definition) is 7. The number of hydrogen-bond donors (Lipinski definition) is 0. The molecule has 0 aliphatic carbocycles. The summed E-state index contributed by atoms with van der Waals surface area (Å²) in [6, 6.07) is 5.66. The van der Waals surface area contributed by atoms with E-state index in [4.69, 9.17) is 21.1 Å². The highest BCUT2D eigenvalue weighted by molar-refractivity contribution is 7.91. The van der Waals surface area contributed by atoms with Crippen molar-refractivity contribution in [2.75, 3.05) is 26.2 Å². The summed E-state index contributed by atoms with van der Waals surface area (Å²) in [6.45, 7) is 6.75. The second kappa shape index (κ2) is 8.93. The molecule has 1 fully saturated rings. The summed E-state index contributed by atoms with van der Waals surface area (Å²) in [5.74, 6) is -0.670. The summed E-state index contributed by atoms with van der Waals surface area (Å²) in [5, 5.41) is 1.29. The van der Waals surface area contributed by atoms with Crippen molar-refractivity contribution >= 4 is 55.1 Å². The third-order valence-electron chi connectivity index (χ3n) is 4.58. The van der Waals surface area contributed by atoms with Gasteiger partial charge in [-0.05, 0) is 51.3 Å². The summed E-state index contributed by atoms with van der Waals surface area (Å²) in [7, 11) is -3.88. The largest absolute Gasteiger partial charge is 0.464 e. The Morgan fingerprint density at radius 3 is 2.58 bits per heavy atom. The first kappa shape index (κ1) is 23.8. The number of piperazine rings is 1. The van der Waals surface area contributed by atoms with Crippen LogP contribution in [0, 0.1) is 0 Å². The van der Waals surface area contributed by atoms with Crippen LogP contribution < -0.4 is 0 Å².